The number of halogens is 1. The van der Waals surface area contributed by atoms with Crippen LogP contribution in [0.15, 0.2) is 30.7 Å². The van der Waals surface area contributed by atoms with Crippen molar-refractivity contribution in [3.63, 3.8) is 0 Å². The lowest BCUT2D eigenvalue weighted by Gasteiger charge is -2.30. The SMILES string of the molecule is Cc1ncnc(C)c1-c1cc(NC(=O)c2c(F)cnn2C)ccc1OCCN1CCC1. The molecule has 3 aromatic rings. The molecule has 1 amide bonds. The van der Waals surface area contributed by atoms with Gasteiger partial charge in [-0.05, 0) is 51.6 Å². The van der Waals surface area contributed by atoms with E-state index in [2.05, 4.69) is 25.3 Å². The maximum atomic E-state index is 13.9. The van der Waals surface area contributed by atoms with Crippen molar-refractivity contribution in [1.29, 1.82) is 0 Å². The number of likely N-dealkylation sites (tertiary alicyclic amines) is 1. The molecule has 0 saturated carbocycles. The zero-order chi connectivity index (χ0) is 22.0. The molecule has 3 heterocycles. The molecule has 162 valence electrons. The molecule has 2 aromatic heterocycles. The summed E-state index contributed by atoms with van der Waals surface area (Å²) in [6.45, 7) is 7.45. The van der Waals surface area contributed by atoms with Crippen molar-refractivity contribution in [2.75, 3.05) is 31.6 Å². The van der Waals surface area contributed by atoms with E-state index in [4.69, 9.17) is 4.74 Å². The minimum atomic E-state index is -0.672. The van der Waals surface area contributed by atoms with Crippen LogP contribution in [-0.2, 0) is 7.05 Å². The first-order chi connectivity index (χ1) is 14.9. The zero-order valence-corrected chi connectivity index (χ0v) is 17.9. The third kappa shape index (κ3) is 4.41. The minimum absolute atomic E-state index is 0.133. The van der Waals surface area contributed by atoms with E-state index in [1.54, 1.807) is 6.07 Å². The third-order valence-corrected chi connectivity index (χ3v) is 5.46. The van der Waals surface area contributed by atoms with Gasteiger partial charge in [-0.25, -0.2) is 14.4 Å². The lowest BCUT2D eigenvalue weighted by atomic mass is 10.0. The van der Waals surface area contributed by atoms with Crippen LogP contribution in [0.1, 0.15) is 28.3 Å². The van der Waals surface area contributed by atoms with Gasteiger partial charge in [0.1, 0.15) is 18.7 Å². The average Bonchev–Trinajstić information content (AvgIpc) is 3.03. The Balaban J connectivity index is 1.64. The van der Waals surface area contributed by atoms with Crippen molar-refractivity contribution in [1.82, 2.24) is 24.6 Å². The molecule has 9 heteroatoms. The highest BCUT2D eigenvalue weighted by Gasteiger charge is 2.20. The smallest absolute Gasteiger partial charge is 0.276 e. The fraction of sp³-hybridized carbons (Fsp3) is 0.364. The second-order valence-corrected chi connectivity index (χ2v) is 7.59. The zero-order valence-electron chi connectivity index (χ0n) is 17.9. The number of anilines is 1. The van der Waals surface area contributed by atoms with E-state index in [0.29, 0.717) is 18.0 Å². The lowest BCUT2D eigenvalue weighted by molar-refractivity contribution is 0.101. The lowest BCUT2D eigenvalue weighted by Crippen LogP contribution is -2.39. The van der Waals surface area contributed by atoms with Crippen molar-refractivity contribution in [2.24, 2.45) is 7.05 Å². The number of hydrogen-bond acceptors (Lipinski definition) is 6. The van der Waals surface area contributed by atoms with Crippen molar-refractivity contribution in [3.05, 3.63) is 53.6 Å². The number of carbonyl (C=O) groups excluding carboxylic acids is 1. The Kier molecular flexibility index (Phi) is 5.94. The van der Waals surface area contributed by atoms with Crippen LogP contribution in [0.4, 0.5) is 10.1 Å². The Morgan fingerprint density at radius 2 is 1.97 bits per heavy atom. The predicted octanol–water partition coefficient (Wildman–Crippen LogP) is 2.97. The molecule has 0 spiro atoms. The van der Waals surface area contributed by atoms with Crippen LogP contribution in [-0.4, -0.2) is 56.8 Å². The van der Waals surface area contributed by atoms with Gasteiger partial charge in [0.15, 0.2) is 11.5 Å². The molecule has 0 unspecified atom stereocenters. The van der Waals surface area contributed by atoms with E-state index in [1.807, 2.05) is 26.0 Å². The van der Waals surface area contributed by atoms with Crippen LogP contribution in [0, 0.1) is 19.7 Å². The standard InChI is InChI=1S/C22H25FN6O2/c1-14-20(15(2)25-13-24-14)17-11-16(27-22(30)21-18(23)12-26-28(21)3)5-6-19(17)31-10-9-29-7-4-8-29/h5-6,11-13H,4,7-10H2,1-3H3,(H,27,30). The summed E-state index contributed by atoms with van der Waals surface area (Å²) in [4.78, 5) is 23.6. The quantitative estimate of drug-likeness (QED) is 0.628. The summed E-state index contributed by atoms with van der Waals surface area (Å²) in [5.41, 5.74) is 3.62. The Bertz CT molecular complexity index is 1070. The van der Waals surface area contributed by atoms with Crippen LogP contribution in [0.2, 0.25) is 0 Å². The molecule has 1 saturated heterocycles. The first-order valence-electron chi connectivity index (χ1n) is 10.2. The first kappa shape index (κ1) is 20.9. The van der Waals surface area contributed by atoms with E-state index < -0.39 is 11.7 Å². The molecule has 8 nitrogen and oxygen atoms in total. The summed E-state index contributed by atoms with van der Waals surface area (Å²) in [5, 5.41) is 6.53. The van der Waals surface area contributed by atoms with Gasteiger partial charge in [0.25, 0.3) is 5.91 Å². The van der Waals surface area contributed by atoms with E-state index in [-0.39, 0.29) is 5.69 Å². The predicted molar refractivity (Wildman–Crippen MR) is 115 cm³/mol. The Morgan fingerprint density at radius 1 is 1.23 bits per heavy atom. The molecule has 1 N–H and O–H groups in total. The van der Waals surface area contributed by atoms with Crippen molar-refractivity contribution in [3.8, 4) is 16.9 Å². The number of nitrogens with one attached hydrogen (secondary N) is 1. The molecule has 31 heavy (non-hydrogen) atoms. The number of nitrogens with zero attached hydrogens (tertiary/aromatic N) is 5. The summed E-state index contributed by atoms with van der Waals surface area (Å²) in [6, 6.07) is 5.36. The summed E-state index contributed by atoms with van der Waals surface area (Å²) in [6.07, 6.45) is 3.77. The van der Waals surface area contributed by atoms with Gasteiger partial charge in [0, 0.05) is 41.8 Å². The molecule has 4 rings (SSSR count). The average molecular weight is 424 g/mol. The van der Waals surface area contributed by atoms with Gasteiger partial charge in [0.05, 0.1) is 6.20 Å². The molecule has 0 aliphatic carbocycles. The topological polar surface area (TPSA) is 85.2 Å². The fourth-order valence-corrected chi connectivity index (χ4v) is 3.66. The van der Waals surface area contributed by atoms with Gasteiger partial charge in [0.2, 0.25) is 0 Å². The van der Waals surface area contributed by atoms with Gasteiger partial charge in [-0.3, -0.25) is 14.4 Å². The number of hydrogen-bond donors (Lipinski definition) is 1. The monoisotopic (exact) mass is 424 g/mol. The molecular formula is C22H25FN6O2. The Morgan fingerprint density at radius 3 is 2.58 bits per heavy atom. The van der Waals surface area contributed by atoms with Crippen LogP contribution in [0.5, 0.6) is 5.75 Å². The fourth-order valence-electron chi connectivity index (χ4n) is 3.66. The number of rotatable bonds is 7. The highest BCUT2D eigenvalue weighted by atomic mass is 19.1. The summed E-state index contributed by atoms with van der Waals surface area (Å²) in [5.74, 6) is -0.562. The normalized spacial score (nSPS) is 13.7. The first-order valence-corrected chi connectivity index (χ1v) is 10.2. The van der Waals surface area contributed by atoms with Gasteiger partial charge in [-0.15, -0.1) is 0 Å². The van der Waals surface area contributed by atoms with Crippen LogP contribution < -0.4 is 10.1 Å². The second-order valence-electron chi connectivity index (χ2n) is 7.59. The largest absolute Gasteiger partial charge is 0.492 e. The van der Waals surface area contributed by atoms with Crippen LogP contribution in [0.25, 0.3) is 11.1 Å². The molecule has 0 atom stereocenters. The summed E-state index contributed by atoms with van der Waals surface area (Å²) >= 11 is 0. The number of benzene rings is 1. The summed E-state index contributed by atoms with van der Waals surface area (Å²) < 4.78 is 21.2. The van der Waals surface area contributed by atoms with E-state index in [9.17, 15) is 9.18 Å². The maximum absolute atomic E-state index is 13.9. The van der Waals surface area contributed by atoms with Crippen LogP contribution >= 0.6 is 0 Å². The Hall–Kier alpha value is -3.33. The number of amides is 1. The molecule has 1 aliphatic heterocycles. The second kappa shape index (κ2) is 8.81. The highest BCUT2D eigenvalue weighted by Crippen LogP contribution is 2.35. The molecular weight excluding hydrogens is 399 g/mol. The van der Waals surface area contributed by atoms with E-state index in [0.717, 1.165) is 48.3 Å². The van der Waals surface area contributed by atoms with Gasteiger partial charge in [-0.1, -0.05) is 0 Å². The van der Waals surface area contributed by atoms with Crippen molar-refractivity contribution >= 4 is 11.6 Å². The van der Waals surface area contributed by atoms with E-state index >= 15 is 0 Å². The Labute approximate surface area is 180 Å². The number of carbonyl (C=O) groups is 1. The van der Waals surface area contributed by atoms with Gasteiger partial charge in [-0.2, -0.15) is 5.10 Å². The van der Waals surface area contributed by atoms with Gasteiger partial charge >= 0.3 is 0 Å². The molecule has 1 fully saturated rings. The maximum Gasteiger partial charge on any atom is 0.276 e. The molecule has 0 bridgehead atoms. The third-order valence-electron chi connectivity index (χ3n) is 5.46. The van der Waals surface area contributed by atoms with Gasteiger partial charge < -0.3 is 10.1 Å². The number of ether oxygens (including phenoxy) is 1. The minimum Gasteiger partial charge on any atom is -0.492 e. The molecule has 0 radical (unpaired) electrons. The number of aryl methyl sites for hydroxylation is 3. The van der Waals surface area contributed by atoms with Crippen LogP contribution in [0.3, 0.4) is 0 Å². The highest BCUT2D eigenvalue weighted by molar-refractivity contribution is 6.03. The van der Waals surface area contributed by atoms with Crippen molar-refractivity contribution in [2.45, 2.75) is 20.3 Å². The molecule has 1 aliphatic rings. The molecule has 1 aromatic carbocycles. The van der Waals surface area contributed by atoms with Crippen molar-refractivity contribution < 1.29 is 13.9 Å². The summed E-state index contributed by atoms with van der Waals surface area (Å²) in [7, 11) is 1.52. The van der Waals surface area contributed by atoms with E-state index in [1.165, 1.54) is 24.5 Å². The number of aromatic nitrogens is 4.